The highest BCUT2D eigenvalue weighted by Gasteiger charge is 2.05. The Kier molecular flexibility index (Phi) is 4.45. The van der Waals surface area contributed by atoms with Crippen LogP contribution in [-0.2, 0) is 13.1 Å². The van der Waals surface area contributed by atoms with Gasteiger partial charge in [0.25, 0.3) is 0 Å². The second-order valence-electron chi connectivity index (χ2n) is 4.94. The molecule has 0 unspecified atom stereocenters. The Labute approximate surface area is 134 Å². The molecule has 0 radical (unpaired) electrons. The molecule has 0 bridgehead atoms. The maximum absolute atomic E-state index is 6.18. The highest BCUT2D eigenvalue weighted by molar-refractivity contribution is 6.35. The third kappa shape index (κ3) is 3.21. The van der Waals surface area contributed by atoms with Crippen LogP contribution in [-0.4, -0.2) is 0 Å². The molecule has 0 saturated carbocycles. The summed E-state index contributed by atoms with van der Waals surface area (Å²) in [5.74, 6) is 0. The summed E-state index contributed by atoms with van der Waals surface area (Å²) in [4.78, 5) is 0. The van der Waals surface area contributed by atoms with E-state index < -0.39 is 0 Å². The van der Waals surface area contributed by atoms with E-state index in [-0.39, 0.29) is 0 Å². The molecule has 3 aromatic carbocycles. The minimum atomic E-state index is 0.654. The van der Waals surface area contributed by atoms with E-state index in [0.29, 0.717) is 16.6 Å². The van der Waals surface area contributed by atoms with Crippen molar-refractivity contribution in [2.45, 2.75) is 13.1 Å². The van der Waals surface area contributed by atoms with Gasteiger partial charge in [-0.1, -0.05) is 71.7 Å². The maximum Gasteiger partial charge on any atom is 0.0465 e. The van der Waals surface area contributed by atoms with E-state index in [2.05, 4.69) is 47.8 Å². The molecule has 3 aromatic rings. The quantitative estimate of drug-likeness (QED) is 0.676. The number of hydrogen-bond donors (Lipinski definition) is 1. The van der Waals surface area contributed by atoms with Gasteiger partial charge in [-0.25, -0.2) is 0 Å². The minimum Gasteiger partial charge on any atom is -0.308 e. The van der Waals surface area contributed by atoms with E-state index >= 15 is 0 Å². The molecule has 0 heterocycles. The smallest absolute Gasteiger partial charge is 0.0465 e. The van der Waals surface area contributed by atoms with Crippen LogP contribution in [0.1, 0.15) is 11.1 Å². The van der Waals surface area contributed by atoms with E-state index in [1.54, 1.807) is 0 Å². The van der Waals surface area contributed by atoms with E-state index in [1.807, 2.05) is 18.2 Å². The largest absolute Gasteiger partial charge is 0.308 e. The molecule has 0 spiro atoms. The average Bonchev–Trinajstić information content (AvgIpc) is 2.50. The molecule has 21 heavy (non-hydrogen) atoms. The van der Waals surface area contributed by atoms with Crippen LogP contribution in [0.2, 0.25) is 10.0 Å². The molecule has 0 aliphatic carbocycles. The monoisotopic (exact) mass is 315 g/mol. The number of nitrogens with one attached hydrogen (secondary N) is 1. The van der Waals surface area contributed by atoms with Crippen molar-refractivity contribution in [3.63, 3.8) is 0 Å². The lowest BCUT2D eigenvalue weighted by atomic mass is 10.0. The molecular formula is C18H15Cl2N. The molecule has 3 rings (SSSR count). The molecule has 0 amide bonds. The molecule has 1 N–H and O–H groups in total. The van der Waals surface area contributed by atoms with Crippen molar-refractivity contribution in [1.29, 1.82) is 0 Å². The van der Waals surface area contributed by atoms with Gasteiger partial charge in [0.05, 0.1) is 0 Å². The second-order valence-corrected chi connectivity index (χ2v) is 5.76. The standard InChI is InChI=1S/C18H15Cl2N/c19-17-9-4-10-18(20)16(17)12-21-11-14-7-3-6-13-5-1-2-8-15(13)14/h1-10,21H,11-12H2. The maximum atomic E-state index is 6.18. The molecule has 3 heteroatoms. The fourth-order valence-corrected chi connectivity index (χ4v) is 3.00. The van der Waals surface area contributed by atoms with Crippen molar-refractivity contribution in [1.82, 2.24) is 5.32 Å². The van der Waals surface area contributed by atoms with Gasteiger partial charge in [-0.3, -0.25) is 0 Å². The van der Waals surface area contributed by atoms with Gasteiger partial charge in [0, 0.05) is 28.7 Å². The average molecular weight is 316 g/mol. The number of rotatable bonds is 4. The topological polar surface area (TPSA) is 12.0 Å². The Morgan fingerprint density at radius 3 is 2.19 bits per heavy atom. The van der Waals surface area contributed by atoms with Crippen molar-refractivity contribution < 1.29 is 0 Å². The highest BCUT2D eigenvalue weighted by atomic mass is 35.5. The highest BCUT2D eigenvalue weighted by Crippen LogP contribution is 2.24. The Morgan fingerprint density at radius 1 is 0.714 bits per heavy atom. The zero-order valence-electron chi connectivity index (χ0n) is 11.4. The van der Waals surface area contributed by atoms with Gasteiger partial charge in [0.2, 0.25) is 0 Å². The fraction of sp³-hybridized carbons (Fsp3) is 0.111. The molecule has 0 atom stereocenters. The lowest BCUT2D eigenvalue weighted by molar-refractivity contribution is 0.697. The van der Waals surface area contributed by atoms with Gasteiger partial charge in [-0.15, -0.1) is 0 Å². The third-order valence-electron chi connectivity index (χ3n) is 3.56. The van der Waals surface area contributed by atoms with Crippen LogP contribution in [0.15, 0.2) is 60.7 Å². The molecule has 0 saturated heterocycles. The molecule has 106 valence electrons. The number of benzene rings is 3. The summed E-state index contributed by atoms with van der Waals surface area (Å²) < 4.78 is 0. The van der Waals surface area contributed by atoms with E-state index in [4.69, 9.17) is 23.2 Å². The predicted molar refractivity (Wildman–Crippen MR) is 91.0 cm³/mol. The Balaban J connectivity index is 1.76. The van der Waals surface area contributed by atoms with Crippen LogP contribution >= 0.6 is 23.2 Å². The molecule has 0 aromatic heterocycles. The van der Waals surface area contributed by atoms with Crippen LogP contribution in [0, 0.1) is 0 Å². The van der Waals surface area contributed by atoms with Crippen LogP contribution in [0.4, 0.5) is 0 Å². The summed E-state index contributed by atoms with van der Waals surface area (Å²) in [5.41, 5.74) is 2.22. The summed E-state index contributed by atoms with van der Waals surface area (Å²) in [6, 6.07) is 20.3. The molecular weight excluding hydrogens is 301 g/mol. The van der Waals surface area contributed by atoms with Crippen molar-refractivity contribution in [3.05, 3.63) is 81.8 Å². The summed E-state index contributed by atoms with van der Waals surface area (Å²) in [6.07, 6.45) is 0. The second kappa shape index (κ2) is 6.48. The van der Waals surface area contributed by atoms with E-state index in [1.165, 1.54) is 16.3 Å². The van der Waals surface area contributed by atoms with E-state index in [0.717, 1.165) is 12.1 Å². The van der Waals surface area contributed by atoms with Crippen LogP contribution in [0.5, 0.6) is 0 Å². The van der Waals surface area contributed by atoms with Crippen molar-refractivity contribution in [3.8, 4) is 0 Å². The molecule has 0 aliphatic rings. The Hall–Kier alpha value is -1.54. The Morgan fingerprint density at radius 2 is 1.38 bits per heavy atom. The first-order valence-corrected chi connectivity index (χ1v) is 7.61. The van der Waals surface area contributed by atoms with Crippen molar-refractivity contribution >= 4 is 34.0 Å². The Bertz CT molecular complexity index is 743. The van der Waals surface area contributed by atoms with E-state index in [9.17, 15) is 0 Å². The van der Waals surface area contributed by atoms with Crippen LogP contribution in [0.25, 0.3) is 10.8 Å². The van der Waals surface area contributed by atoms with Crippen molar-refractivity contribution in [2.75, 3.05) is 0 Å². The lowest BCUT2D eigenvalue weighted by Crippen LogP contribution is -2.13. The fourth-order valence-electron chi connectivity index (χ4n) is 2.47. The number of hydrogen-bond acceptors (Lipinski definition) is 1. The molecule has 0 aliphatic heterocycles. The molecule has 1 nitrogen and oxygen atoms in total. The van der Waals surface area contributed by atoms with Gasteiger partial charge in [-0.05, 0) is 28.5 Å². The minimum absolute atomic E-state index is 0.654. The summed E-state index contributed by atoms with van der Waals surface area (Å²) >= 11 is 12.4. The van der Waals surface area contributed by atoms with Crippen LogP contribution in [0.3, 0.4) is 0 Å². The predicted octanol–water partition coefficient (Wildman–Crippen LogP) is 5.44. The zero-order valence-corrected chi connectivity index (χ0v) is 13.0. The molecule has 0 fully saturated rings. The van der Waals surface area contributed by atoms with Gasteiger partial charge < -0.3 is 5.32 Å². The third-order valence-corrected chi connectivity index (χ3v) is 4.27. The van der Waals surface area contributed by atoms with Gasteiger partial charge >= 0.3 is 0 Å². The number of fused-ring (bicyclic) bond motifs is 1. The summed E-state index contributed by atoms with van der Waals surface area (Å²) in [6.45, 7) is 1.44. The van der Waals surface area contributed by atoms with Gasteiger partial charge in [0.1, 0.15) is 0 Å². The first-order chi connectivity index (χ1) is 10.3. The van der Waals surface area contributed by atoms with Gasteiger partial charge in [0.15, 0.2) is 0 Å². The zero-order chi connectivity index (χ0) is 14.7. The SMILES string of the molecule is Clc1cccc(Cl)c1CNCc1cccc2ccccc12. The van der Waals surface area contributed by atoms with Gasteiger partial charge in [-0.2, -0.15) is 0 Å². The van der Waals surface area contributed by atoms with Crippen LogP contribution < -0.4 is 5.32 Å². The normalized spacial score (nSPS) is 11.0. The lowest BCUT2D eigenvalue weighted by Gasteiger charge is -2.10. The summed E-state index contributed by atoms with van der Waals surface area (Å²) in [7, 11) is 0. The van der Waals surface area contributed by atoms with Crippen molar-refractivity contribution in [2.24, 2.45) is 0 Å². The summed E-state index contributed by atoms with van der Waals surface area (Å²) in [5, 5.41) is 7.36. The first kappa shape index (κ1) is 14.4. The first-order valence-electron chi connectivity index (χ1n) is 6.86. The number of halogens is 2.